The van der Waals surface area contributed by atoms with Crippen molar-refractivity contribution in [3.8, 4) is 11.5 Å². The average Bonchev–Trinajstić information content (AvgIpc) is 2.58. The van der Waals surface area contributed by atoms with Crippen LogP contribution in [0.1, 0.15) is 43.9 Å². The topological polar surface area (TPSA) is 44.5 Å². The van der Waals surface area contributed by atoms with Gasteiger partial charge in [-0.3, -0.25) is 0 Å². The highest BCUT2D eigenvalue weighted by molar-refractivity contribution is 5.85. The van der Waals surface area contributed by atoms with Crippen LogP contribution in [-0.4, -0.2) is 7.11 Å². The second-order valence-electron chi connectivity index (χ2n) is 6.26. The Labute approximate surface area is 151 Å². The summed E-state index contributed by atoms with van der Waals surface area (Å²) >= 11 is 0. The Balaban J connectivity index is 0.00000288. The number of nitrogens with two attached hydrogens (primary N) is 1. The Bertz CT molecular complexity index is 602. The van der Waals surface area contributed by atoms with Gasteiger partial charge in [0.2, 0.25) is 0 Å². The lowest BCUT2D eigenvalue weighted by Crippen LogP contribution is -2.11. The molecule has 0 aliphatic carbocycles. The SMILES string of the molecule is COc1ccc([C@H](N)CCC(C)C)cc1OCc1ccccc1.Cl. The number of ether oxygens (including phenoxy) is 2. The van der Waals surface area contributed by atoms with E-state index < -0.39 is 0 Å². The van der Waals surface area contributed by atoms with Gasteiger partial charge >= 0.3 is 0 Å². The molecule has 3 nitrogen and oxygen atoms in total. The van der Waals surface area contributed by atoms with Crippen molar-refractivity contribution in [2.24, 2.45) is 11.7 Å². The van der Waals surface area contributed by atoms with Crippen molar-refractivity contribution in [3.05, 3.63) is 59.7 Å². The molecule has 1 atom stereocenters. The average molecular weight is 350 g/mol. The summed E-state index contributed by atoms with van der Waals surface area (Å²) < 4.78 is 11.4. The molecule has 24 heavy (non-hydrogen) atoms. The molecule has 132 valence electrons. The van der Waals surface area contributed by atoms with E-state index in [0.29, 0.717) is 12.5 Å². The Morgan fingerprint density at radius 3 is 2.29 bits per heavy atom. The molecule has 0 aliphatic rings. The van der Waals surface area contributed by atoms with Gasteiger partial charge < -0.3 is 15.2 Å². The van der Waals surface area contributed by atoms with Crippen LogP contribution in [0, 0.1) is 5.92 Å². The van der Waals surface area contributed by atoms with E-state index in [1.807, 2.05) is 48.5 Å². The van der Waals surface area contributed by atoms with E-state index in [9.17, 15) is 0 Å². The maximum atomic E-state index is 6.31. The van der Waals surface area contributed by atoms with Gasteiger partial charge in [-0.1, -0.05) is 50.2 Å². The molecule has 2 N–H and O–H groups in total. The van der Waals surface area contributed by atoms with Crippen LogP contribution >= 0.6 is 12.4 Å². The summed E-state index contributed by atoms with van der Waals surface area (Å²) in [5.74, 6) is 2.14. The molecule has 0 aromatic heterocycles. The molecule has 2 aromatic carbocycles. The van der Waals surface area contributed by atoms with Crippen molar-refractivity contribution < 1.29 is 9.47 Å². The van der Waals surface area contributed by atoms with Gasteiger partial charge in [-0.2, -0.15) is 0 Å². The summed E-state index contributed by atoms with van der Waals surface area (Å²) in [5.41, 5.74) is 8.54. The van der Waals surface area contributed by atoms with E-state index in [4.69, 9.17) is 15.2 Å². The van der Waals surface area contributed by atoms with E-state index in [1.54, 1.807) is 7.11 Å². The highest BCUT2D eigenvalue weighted by Gasteiger charge is 2.12. The van der Waals surface area contributed by atoms with Gasteiger partial charge in [0.25, 0.3) is 0 Å². The van der Waals surface area contributed by atoms with E-state index in [1.165, 1.54) is 0 Å². The summed E-state index contributed by atoms with van der Waals surface area (Å²) in [7, 11) is 1.66. The molecule has 0 aliphatic heterocycles. The normalized spacial score (nSPS) is 11.7. The number of methoxy groups -OCH3 is 1. The largest absolute Gasteiger partial charge is 0.493 e. The predicted molar refractivity (Wildman–Crippen MR) is 102 cm³/mol. The van der Waals surface area contributed by atoms with Crippen LogP contribution in [0.15, 0.2) is 48.5 Å². The first-order valence-corrected chi connectivity index (χ1v) is 8.20. The third-order valence-electron chi connectivity index (χ3n) is 3.91. The molecule has 4 heteroatoms. The van der Waals surface area contributed by atoms with E-state index in [-0.39, 0.29) is 18.4 Å². The minimum atomic E-state index is 0. The second-order valence-corrected chi connectivity index (χ2v) is 6.26. The first kappa shape index (κ1) is 20.3. The van der Waals surface area contributed by atoms with E-state index in [0.717, 1.165) is 35.5 Å². The first-order chi connectivity index (χ1) is 11.1. The molecule has 0 fully saturated rings. The molecular weight excluding hydrogens is 322 g/mol. The molecule has 0 bridgehead atoms. The summed E-state index contributed by atoms with van der Waals surface area (Å²) in [5, 5.41) is 0. The fourth-order valence-electron chi connectivity index (χ4n) is 2.45. The third kappa shape index (κ3) is 6.06. The molecule has 0 spiro atoms. The highest BCUT2D eigenvalue weighted by atomic mass is 35.5. The molecule has 0 saturated heterocycles. The smallest absolute Gasteiger partial charge is 0.161 e. The van der Waals surface area contributed by atoms with Gasteiger partial charge in [0.05, 0.1) is 7.11 Å². The molecule has 0 amide bonds. The number of hydrogen-bond donors (Lipinski definition) is 1. The molecule has 0 saturated carbocycles. The quantitative estimate of drug-likeness (QED) is 0.718. The Kier molecular flexibility index (Phi) is 8.66. The van der Waals surface area contributed by atoms with Gasteiger partial charge in [-0.15, -0.1) is 12.4 Å². The maximum Gasteiger partial charge on any atom is 0.161 e. The molecule has 0 radical (unpaired) electrons. The lowest BCUT2D eigenvalue weighted by molar-refractivity contribution is 0.284. The van der Waals surface area contributed by atoms with Crippen LogP contribution < -0.4 is 15.2 Å². The zero-order valence-corrected chi connectivity index (χ0v) is 15.5. The fraction of sp³-hybridized carbons (Fsp3) is 0.400. The van der Waals surface area contributed by atoms with Gasteiger partial charge in [-0.05, 0) is 42.0 Å². The zero-order chi connectivity index (χ0) is 16.7. The molecule has 0 heterocycles. The van der Waals surface area contributed by atoms with Crippen LogP contribution in [0.2, 0.25) is 0 Å². The van der Waals surface area contributed by atoms with Gasteiger partial charge in [0, 0.05) is 6.04 Å². The second kappa shape index (κ2) is 10.2. The van der Waals surface area contributed by atoms with Gasteiger partial charge in [0.1, 0.15) is 6.61 Å². The monoisotopic (exact) mass is 349 g/mol. The van der Waals surface area contributed by atoms with Crippen LogP contribution in [0.4, 0.5) is 0 Å². The van der Waals surface area contributed by atoms with Crippen molar-refractivity contribution in [2.75, 3.05) is 7.11 Å². The van der Waals surface area contributed by atoms with Crippen molar-refractivity contribution in [1.29, 1.82) is 0 Å². The number of benzene rings is 2. The Morgan fingerprint density at radius 2 is 1.67 bits per heavy atom. The molecule has 2 aromatic rings. The van der Waals surface area contributed by atoms with Crippen molar-refractivity contribution in [1.82, 2.24) is 0 Å². The van der Waals surface area contributed by atoms with Crippen LogP contribution in [-0.2, 0) is 6.61 Å². The summed E-state index contributed by atoms with van der Waals surface area (Å²) in [4.78, 5) is 0. The lowest BCUT2D eigenvalue weighted by Gasteiger charge is -2.17. The minimum absolute atomic E-state index is 0. The Hall–Kier alpha value is -1.71. The fourth-order valence-corrected chi connectivity index (χ4v) is 2.45. The summed E-state index contributed by atoms with van der Waals surface area (Å²) in [6.45, 7) is 4.95. The van der Waals surface area contributed by atoms with Crippen molar-refractivity contribution in [3.63, 3.8) is 0 Å². The first-order valence-electron chi connectivity index (χ1n) is 8.20. The maximum absolute atomic E-state index is 6.31. The number of halogens is 1. The number of hydrogen-bond acceptors (Lipinski definition) is 3. The summed E-state index contributed by atoms with van der Waals surface area (Å²) in [6, 6.07) is 16.1. The van der Waals surface area contributed by atoms with Crippen LogP contribution in [0.3, 0.4) is 0 Å². The standard InChI is InChI=1S/C20H27NO2.ClH/c1-15(2)9-11-18(21)17-10-12-19(22-3)20(13-17)23-14-16-7-5-4-6-8-16;/h4-8,10,12-13,15,18H,9,11,14,21H2,1-3H3;1H/t18-;/m1./s1. The van der Waals surface area contributed by atoms with Crippen LogP contribution in [0.25, 0.3) is 0 Å². The molecule has 0 unspecified atom stereocenters. The van der Waals surface area contributed by atoms with Gasteiger partial charge in [0.15, 0.2) is 11.5 Å². The molecule has 2 rings (SSSR count). The van der Waals surface area contributed by atoms with Crippen LogP contribution in [0.5, 0.6) is 11.5 Å². The molecular formula is C20H28ClNO2. The van der Waals surface area contributed by atoms with E-state index >= 15 is 0 Å². The zero-order valence-electron chi connectivity index (χ0n) is 14.7. The number of rotatable bonds is 8. The highest BCUT2D eigenvalue weighted by Crippen LogP contribution is 2.31. The van der Waals surface area contributed by atoms with E-state index in [2.05, 4.69) is 13.8 Å². The minimum Gasteiger partial charge on any atom is -0.493 e. The van der Waals surface area contributed by atoms with Crippen molar-refractivity contribution >= 4 is 12.4 Å². The van der Waals surface area contributed by atoms with Gasteiger partial charge in [-0.25, -0.2) is 0 Å². The summed E-state index contributed by atoms with van der Waals surface area (Å²) in [6.07, 6.45) is 2.09. The third-order valence-corrected chi connectivity index (χ3v) is 3.91. The Morgan fingerprint density at radius 1 is 0.958 bits per heavy atom. The van der Waals surface area contributed by atoms with Crippen molar-refractivity contribution in [2.45, 2.75) is 39.3 Å². The predicted octanol–water partition coefficient (Wildman–Crippen LogP) is 5.13. The lowest BCUT2D eigenvalue weighted by atomic mass is 9.98.